The highest BCUT2D eigenvalue weighted by Gasteiger charge is 2.31. The second-order valence-corrected chi connectivity index (χ2v) is 10.1. The predicted molar refractivity (Wildman–Crippen MR) is 161 cm³/mol. The second kappa shape index (κ2) is 12.5. The Morgan fingerprint density at radius 3 is 1.39 bits per heavy atom. The zero-order valence-corrected chi connectivity index (χ0v) is 25.0. The quantitative estimate of drug-likeness (QED) is 0.0705. The van der Waals surface area contributed by atoms with Crippen LogP contribution in [0.5, 0.6) is 46.0 Å². The van der Waals surface area contributed by atoms with E-state index in [4.69, 9.17) is 23.7 Å². The number of benzene rings is 4. The average molecular weight is 746 g/mol. The second-order valence-electron chi connectivity index (χ2n) is 8.99. The van der Waals surface area contributed by atoms with Crippen molar-refractivity contribution in [2.75, 3.05) is 6.61 Å². The third-order valence-corrected chi connectivity index (χ3v) is 7.15. The molecule has 0 radical (unpaired) electrons. The van der Waals surface area contributed by atoms with Gasteiger partial charge < -0.3 is 23.7 Å². The summed E-state index contributed by atoms with van der Waals surface area (Å²) < 4.78 is 28.1. The highest BCUT2D eigenvalue weighted by atomic mass is 127. The van der Waals surface area contributed by atoms with Crippen LogP contribution in [0.2, 0.25) is 0 Å². The lowest BCUT2D eigenvalue weighted by molar-refractivity contribution is -0.395. The molecule has 0 atom stereocenters. The molecule has 0 fully saturated rings. The van der Waals surface area contributed by atoms with Crippen LogP contribution in [-0.4, -0.2) is 32.3 Å². The summed E-state index contributed by atoms with van der Waals surface area (Å²) >= 11 is 1.68. The number of ether oxygens (including phenoxy) is 5. The minimum Gasteiger partial charge on any atom is -0.462 e. The maximum atomic E-state index is 12.8. The van der Waals surface area contributed by atoms with Gasteiger partial charge in [-0.25, -0.2) is 4.79 Å². The monoisotopic (exact) mass is 746 g/mol. The molecule has 0 amide bonds. The van der Waals surface area contributed by atoms with Gasteiger partial charge in [-0.2, -0.15) is 0 Å². The summed E-state index contributed by atoms with van der Waals surface area (Å²) in [6, 6.07) is 10.6. The molecule has 18 nitrogen and oxygen atoms in total. The molecule has 4 aromatic rings. The van der Waals surface area contributed by atoms with Crippen molar-refractivity contribution in [2.45, 2.75) is 6.92 Å². The highest BCUT2D eigenvalue weighted by Crippen LogP contribution is 2.48. The fraction of sp³-hybridized carbons (Fsp3) is 0.0741. The van der Waals surface area contributed by atoms with Crippen LogP contribution in [0.3, 0.4) is 0 Å². The number of hydrogen-bond acceptors (Lipinski definition) is 14. The first-order valence-electron chi connectivity index (χ1n) is 12.6. The molecule has 19 heteroatoms. The zero-order chi connectivity index (χ0) is 33.3. The van der Waals surface area contributed by atoms with Gasteiger partial charge in [-0.15, -0.1) is 0 Å². The summed E-state index contributed by atoms with van der Waals surface area (Å²) in [5, 5.41) is 47.7. The van der Waals surface area contributed by atoms with Crippen LogP contribution >= 0.6 is 22.6 Å². The molecule has 1 aliphatic rings. The average Bonchev–Trinajstić information content (AvgIpc) is 2.98. The molecule has 0 N–H and O–H groups in total. The smallest absolute Gasteiger partial charge is 0.338 e. The first-order chi connectivity index (χ1) is 21.9. The number of halogens is 1. The van der Waals surface area contributed by atoms with Crippen molar-refractivity contribution in [3.05, 3.63) is 110 Å². The maximum Gasteiger partial charge on any atom is 0.338 e. The first-order valence-corrected chi connectivity index (χ1v) is 13.7. The van der Waals surface area contributed by atoms with Gasteiger partial charge in [0.15, 0.2) is 0 Å². The van der Waals surface area contributed by atoms with Gasteiger partial charge in [0.1, 0.15) is 35.1 Å². The van der Waals surface area contributed by atoms with Crippen molar-refractivity contribution in [2.24, 2.45) is 0 Å². The summed E-state index contributed by atoms with van der Waals surface area (Å²) in [6.07, 6.45) is 0. The Bertz CT molecular complexity index is 1860. The van der Waals surface area contributed by atoms with Gasteiger partial charge >= 0.3 is 28.7 Å². The van der Waals surface area contributed by atoms with Gasteiger partial charge in [-0.3, -0.25) is 40.5 Å². The van der Waals surface area contributed by atoms with E-state index in [1.165, 1.54) is 31.2 Å². The Kier molecular flexibility index (Phi) is 8.49. The topological polar surface area (TPSA) is 236 Å². The van der Waals surface area contributed by atoms with E-state index >= 15 is 0 Å². The third-order valence-electron chi connectivity index (χ3n) is 6.09. The lowest BCUT2D eigenvalue weighted by atomic mass is 10.2. The SMILES string of the molecule is CCOC(=O)c1cc2c(I)c(c1)Oc1cc(c([N+](=O)[O-])cc1[N+](=O)[O-])Oc1cccc(c1)Oc1cc(c([N+](=O)[O-])cc1[N+](=O)[O-])O2. The summed E-state index contributed by atoms with van der Waals surface area (Å²) in [5.41, 5.74) is -3.51. The van der Waals surface area contributed by atoms with Crippen molar-refractivity contribution in [3.8, 4) is 46.0 Å². The molecule has 4 aromatic carbocycles. The Morgan fingerprint density at radius 2 is 1.02 bits per heavy atom. The number of rotatable bonds is 6. The number of esters is 1. The van der Waals surface area contributed by atoms with Crippen LogP contribution in [0.15, 0.2) is 60.7 Å². The molecule has 46 heavy (non-hydrogen) atoms. The Morgan fingerprint density at radius 1 is 0.630 bits per heavy atom. The van der Waals surface area contributed by atoms with Gasteiger partial charge in [0.2, 0.25) is 23.0 Å². The summed E-state index contributed by atoms with van der Waals surface area (Å²) in [6.45, 7) is 1.48. The molecule has 5 rings (SSSR count). The van der Waals surface area contributed by atoms with Gasteiger partial charge in [-0.05, 0) is 53.8 Å². The number of carbonyl (C=O) groups is 1. The van der Waals surface area contributed by atoms with Gasteiger partial charge in [-0.1, -0.05) is 6.07 Å². The molecule has 0 saturated heterocycles. The highest BCUT2D eigenvalue weighted by molar-refractivity contribution is 14.1. The van der Waals surface area contributed by atoms with Crippen molar-refractivity contribution in [1.29, 1.82) is 0 Å². The van der Waals surface area contributed by atoms with E-state index < -0.39 is 71.4 Å². The van der Waals surface area contributed by atoms with E-state index in [1.807, 2.05) is 0 Å². The van der Waals surface area contributed by atoms with E-state index in [1.54, 1.807) is 22.6 Å². The first kappa shape index (κ1) is 31.3. The normalized spacial score (nSPS) is 11.5. The molecule has 0 aliphatic carbocycles. The predicted octanol–water partition coefficient (Wildman–Crippen LogP) is 7.58. The molecule has 1 aliphatic heterocycles. The van der Waals surface area contributed by atoms with E-state index in [0.717, 1.165) is 24.3 Å². The van der Waals surface area contributed by atoms with Crippen LogP contribution in [0.4, 0.5) is 22.7 Å². The van der Waals surface area contributed by atoms with Crippen molar-refractivity contribution < 1.29 is 48.2 Å². The molecular weight excluding hydrogens is 731 g/mol. The van der Waals surface area contributed by atoms with Crippen molar-refractivity contribution in [1.82, 2.24) is 0 Å². The number of nitro benzene ring substituents is 4. The van der Waals surface area contributed by atoms with Crippen LogP contribution in [0.1, 0.15) is 17.3 Å². The van der Waals surface area contributed by atoms with Crippen LogP contribution in [0.25, 0.3) is 0 Å². The molecule has 8 bridgehead atoms. The minimum absolute atomic E-state index is 0.00759. The van der Waals surface area contributed by atoms with E-state index in [9.17, 15) is 45.3 Å². The number of fused-ring (bicyclic) bond motifs is 8. The van der Waals surface area contributed by atoms with Crippen LogP contribution in [-0.2, 0) is 4.74 Å². The molecule has 1 heterocycles. The minimum atomic E-state index is -0.930. The van der Waals surface area contributed by atoms with Crippen LogP contribution in [0, 0.1) is 44.0 Å². The number of nitrogens with zero attached hydrogens (tertiary/aromatic N) is 4. The van der Waals surface area contributed by atoms with E-state index in [-0.39, 0.29) is 38.7 Å². The van der Waals surface area contributed by atoms with Gasteiger partial charge in [0.05, 0.1) is 35.4 Å². The van der Waals surface area contributed by atoms with Crippen LogP contribution < -0.4 is 18.9 Å². The Labute approximate surface area is 268 Å². The summed E-state index contributed by atoms with van der Waals surface area (Å²) in [7, 11) is 0. The number of nitro groups is 4. The lowest BCUT2D eigenvalue weighted by Gasteiger charge is -2.16. The molecule has 0 aromatic heterocycles. The van der Waals surface area contributed by atoms with Gasteiger partial charge in [0, 0.05) is 18.2 Å². The van der Waals surface area contributed by atoms with Crippen molar-refractivity contribution in [3.63, 3.8) is 0 Å². The molecule has 0 unspecified atom stereocenters. The maximum absolute atomic E-state index is 12.8. The lowest BCUT2D eigenvalue weighted by Crippen LogP contribution is -2.07. The molecule has 0 spiro atoms. The third kappa shape index (κ3) is 6.24. The largest absolute Gasteiger partial charge is 0.462 e. The molecule has 0 saturated carbocycles. The van der Waals surface area contributed by atoms with Crippen molar-refractivity contribution >= 4 is 51.3 Å². The summed E-state index contributed by atoms with van der Waals surface area (Å²) in [4.78, 5) is 56.8. The molecule has 234 valence electrons. The Balaban J connectivity index is 1.84. The Hall–Kier alpha value is -6.12. The van der Waals surface area contributed by atoms with E-state index in [2.05, 4.69) is 0 Å². The fourth-order valence-electron chi connectivity index (χ4n) is 4.12. The zero-order valence-electron chi connectivity index (χ0n) is 22.9. The fourth-order valence-corrected chi connectivity index (χ4v) is 4.65. The number of hydrogen-bond donors (Lipinski definition) is 0. The number of carbonyl (C=O) groups excluding carboxylic acids is 1. The summed E-state index contributed by atoms with van der Waals surface area (Å²) in [5.74, 6) is -3.70. The standard InChI is InChI=1S/C27H15IN4O14/c1-2-42-27(33)13-6-24-26(28)25(7-13)46-23-12-21(17(30(36)37)10-19(23)32(40)41)44-15-5-3-4-14(8-15)43-20-11-22(45-24)18(31(38)39)9-16(20)29(34)35/h3-12H,2H2,1H3. The van der Waals surface area contributed by atoms with E-state index in [0.29, 0.717) is 12.1 Å². The molecular formula is C27H15IN4O14. The van der Waals surface area contributed by atoms with Gasteiger partial charge in [0.25, 0.3) is 0 Å².